The van der Waals surface area contributed by atoms with E-state index in [0.29, 0.717) is 11.5 Å². The van der Waals surface area contributed by atoms with Gasteiger partial charge < -0.3 is 10.2 Å². The zero-order valence-electron chi connectivity index (χ0n) is 12.7. The van der Waals surface area contributed by atoms with Crippen LogP contribution in [0.3, 0.4) is 0 Å². The van der Waals surface area contributed by atoms with Crippen molar-refractivity contribution in [1.29, 1.82) is 0 Å². The molecular formula is C15H32N2. The summed E-state index contributed by atoms with van der Waals surface area (Å²) in [7, 11) is 4.40. The Kier molecular flexibility index (Phi) is 5.46. The molecule has 0 aromatic heterocycles. The smallest absolute Gasteiger partial charge is 0.0217 e. The summed E-state index contributed by atoms with van der Waals surface area (Å²) in [5.41, 5.74) is 0.559. The molecule has 1 aliphatic carbocycles. The first kappa shape index (κ1) is 15.0. The van der Waals surface area contributed by atoms with E-state index >= 15 is 0 Å². The van der Waals surface area contributed by atoms with Crippen molar-refractivity contribution < 1.29 is 0 Å². The SMILES string of the molecule is CC(C)CC(CNC1CCC(C)(C)C1)N(C)C. The summed E-state index contributed by atoms with van der Waals surface area (Å²) in [5.74, 6) is 0.782. The van der Waals surface area contributed by atoms with Crippen molar-refractivity contribution >= 4 is 0 Å². The lowest BCUT2D eigenvalue weighted by molar-refractivity contribution is 0.238. The molecule has 0 aromatic rings. The van der Waals surface area contributed by atoms with Gasteiger partial charge in [-0.3, -0.25) is 0 Å². The third kappa shape index (κ3) is 5.39. The van der Waals surface area contributed by atoms with E-state index in [0.717, 1.165) is 18.5 Å². The zero-order valence-corrected chi connectivity index (χ0v) is 12.7. The van der Waals surface area contributed by atoms with Crippen LogP contribution in [0.4, 0.5) is 0 Å². The molecule has 1 N–H and O–H groups in total. The molecule has 2 heteroatoms. The minimum absolute atomic E-state index is 0.559. The Labute approximate surface area is 108 Å². The number of nitrogens with one attached hydrogen (secondary N) is 1. The van der Waals surface area contributed by atoms with E-state index in [1.54, 1.807) is 0 Å². The van der Waals surface area contributed by atoms with E-state index in [1.165, 1.54) is 25.7 Å². The Hall–Kier alpha value is -0.0800. The summed E-state index contributed by atoms with van der Waals surface area (Å²) >= 11 is 0. The van der Waals surface area contributed by atoms with Crippen LogP contribution in [-0.2, 0) is 0 Å². The van der Waals surface area contributed by atoms with Gasteiger partial charge in [-0.05, 0) is 51.1 Å². The minimum Gasteiger partial charge on any atom is -0.312 e. The van der Waals surface area contributed by atoms with Gasteiger partial charge in [-0.1, -0.05) is 27.7 Å². The van der Waals surface area contributed by atoms with E-state index < -0.39 is 0 Å². The van der Waals surface area contributed by atoms with Crippen LogP contribution < -0.4 is 5.32 Å². The molecule has 1 rings (SSSR count). The molecule has 0 bridgehead atoms. The Balaban J connectivity index is 2.32. The van der Waals surface area contributed by atoms with Crippen molar-refractivity contribution in [2.75, 3.05) is 20.6 Å². The van der Waals surface area contributed by atoms with Gasteiger partial charge in [-0.25, -0.2) is 0 Å². The highest BCUT2D eigenvalue weighted by Gasteiger charge is 2.30. The standard InChI is InChI=1S/C15H32N2/c1-12(2)9-14(17(5)6)11-16-13-7-8-15(3,4)10-13/h12-14,16H,7-11H2,1-6H3. The third-order valence-electron chi connectivity index (χ3n) is 4.08. The maximum Gasteiger partial charge on any atom is 0.0217 e. The van der Waals surface area contributed by atoms with Crippen LogP contribution in [0.15, 0.2) is 0 Å². The first-order valence-corrected chi connectivity index (χ1v) is 7.20. The summed E-state index contributed by atoms with van der Waals surface area (Å²) < 4.78 is 0. The van der Waals surface area contributed by atoms with Crippen LogP contribution in [0.2, 0.25) is 0 Å². The second-order valence-electron chi connectivity index (χ2n) is 7.26. The average Bonchev–Trinajstić information content (AvgIpc) is 2.52. The van der Waals surface area contributed by atoms with Crippen LogP contribution in [0.25, 0.3) is 0 Å². The highest BCUT2D eigenvalue weighted by Crippen LogP contribution is 2.36. The predicted molar refractivity (Wildman–Crippen MR) is 76.4 cm³/mol. The van der Waals surface area contributed by atoms with Gasteiger partial charge in [-0.2, -0.15) is 0 Å². The Morgan fingerprint density at radius 1 is 1.29 bits per heavy atom. The number of nitrogens with zero attached hydrogens (tertiary/aromatic N) is 1. The molecule has 2 atom stereocenters. The summed E-state index contributed by atoms with van der Waals surface area (Å²) in [6.45, 7) is 10.6. The highest BCUT2D eigenvalue weighted by atomic mass is 15.1. The second kappa shape index (κ2) is 6.19. The van der Waals surface area contributed by atoms with Crippen molar-refractivity contribution in [3.05, 3.63) is 0 Å². The summed E-state index contributed by atoms with van der Waals surface area (Å²) in [6, 6.07) is 1.43. The van der Waals surface area contributed by atoms with Crippen molar-refractivity contribution in [3.63, 3.8) is 0 Å². The van der Waals surface area contributed by atoms with Crippen molar-refractivity contribution in [2.24, 2.45) is 11.3 Å². The Morgan fingerprint density at radius 2 is 1.94 bits per heavy atom. The van der Waals surface area contributed by atoms with Crippen LogP contribution in [0.5, 0.6) is 0 Å². The molecule has 0 saturated heterocycles. The van der Waals surface area contributed by atoms with E-state index in [9.17, 15) is 0 Å². The molecule has 17 heavy (non-hydrogen) atoms. The lowest BCUT2D eigenvalue weighted by Gasteiger charge is -2.28. The lowest BCUT2D eigenvalue weighted by atomic mass is 9.92. The van der Waals surface area contributed by atoms with Gasteiger partial charge in [-0.15, -0.1) is 0 Å². The van der Waals surface area contributed by atoms with Crippen LogP contribution >= 0.6 is 0 Å². The molecule has 0 spiro atoms. The van der Waals surface area contributed by atoms with Crippen molar-refractivity contribution in [2.45, 2.75) is 65.5 Å². The molecular weight excluding hydrogens is 208 g/mol. The summed E-state index contributed by atoms with van der Waals surface area (Å²) in [6.07, 6.45) is 5.36. The first-order valence-electron chi connectivity index (χ1n) is 7.20. The normalized spacial score (nSPS) is 25.8. The largest absolute Gasteiger partial charge is 0.312 e. The first-order chi connectivity index (χ1) is 7.80. The molecule has 0 amide bonds. The van der Waals surface area contributed by atoms with Gasteiger partial charge in [0.25, 0.3) is 0 Å². The molecule has 1 fully saturated rings. The lowest BCUT2D eigenvalue weighted by Crippen LogP contribution is -2.42. The van der Waals surface area contributed by atoms with E-state index in [-0.39, 0.29) is 0 Å². The van der Waals surface area contributed by atoms with Crippen LogP contribution in [-0.4, -0.2) is 37.6 Å². The molecule has 0 aliphatic heterocycles. The molecule has 102 valence electrons. The number of rotatable bonds is 6. The zero-order chi connectivity index (χ0) is 13.1. The van der Waals surface area contributed by atoms with E-state index in [1.807, 2.05) is 0 Å². The number of likely N-dealkylation sites (N-methyl/N-ethyl adjacent to an activating group) is 1. The number of hydrogen-bond acceptors (Lipinski definition) is 2. The van der Waals surface area contributed by atoms with Gasteiger partial charge in [0.2, 0.25) is 0 Å². The number of hydrogen-bond donors (Lipinski definition) is 1. The fourth-order valence-electron chi connectivity index (χ4n) is 2.93. The van der Waals surface area contributed by atoms with Gasteiger partial charge in [0.05, 0.1) is 0 Å². The summed E-state index contributed by atoms with van der Waals surface area (Å²) in [4.78, 5) is 2.37. The van der Waals surface area contributed by atoms with Crippen molar-refractivity contribution in [1.82, 2.24) is 10.2 Å². The monoisotopic (exact) mass is 240 g/mol. The minimum atomic E-state index is 0.559. The maximum atomic E-state index is 3.78. The van der Waals surface area contributed by atoms with E-state index in [2.05, 4.69) is 52.0 Å². The molecule has 2 nitrogen and oxygen atoms in total. The predicted octanol–water partition coefficient (Wildman–Crippen LogP) is 3.13. The Bertz CT molecular complexity index is 221. The molecule has 0 aromatic carbocycles. The fraction of sp³-hybridized carbons (Fsp3) is 1.00. The fourth-order valence-corrected chi connectivity index (χ4v) is 2.93. The van der Waals surface area contributed by atoms with Crippen molar-refractivity contribution in [3.8, 4) is 0 Å². The van der Waals surface area contributed by atoms with E-state index in [4.69, 9.17) is 0 Å². The molecule has 1 saturated carbocycles. The molecule has 0 heterocycles. The molecule has 2 unspecified atom stereocenters. The molecule has 1 aliphatic rings. The maximum absolute atomic E-state index is 3.78. The van der Waals surface area contributed by atoms with Crippen LogP contribution in [0.1, 0.15) is 53.4 Å². The second-order valence-corrected chi connectivity index (χ2v) is 7.26. The molecule has 0 radical (unpaired) electrons. The average molecular weight is 240 g/mol. The third-order valence-corrected chi connectivity index (χ3v) is 4.08. The van der Waals surface area contributed by atoms with Crippen LogP contribution in [0, 0.1) is 11.3 Å². The topological polar surface area (TPSA) is 15.3 Å². The Morgan fingerprint density at radius 3 is 2.35 bits per heavy atom. The highest BCUT2D eigenvalue weighted by molar-refractivity contribution is 4.87. The van der Waals surface area contributed by atoms with Gasteiger partial charge in [0.15, 0.2) is 0 Å². The van der Waals surface area contributed by atoms with Gasteiger partial charge in [0.1, 0.15) is 0 Å². The van der Waals surface area contributed by atoms with Gasteiger partial charge >= 0.3 is 0 Å². The van der Waals surface area contributed by atoms with Gasteiger partial charge in [0, 0.05) is 18.6 Å². The quantitative estimate of drug-likeness (QED) is 0.767. The summed E-state index contributed by atoms with van der Waals surface area (Å²) in [5, 5.41) is 3.78.